The molecule has 2 rings (SSSR count). The maximum atomic E-state index is 9.95. The number of rotatable bonds is 2. The van der Waals surface area contributed by atoms with Crippen LogP contribution in [0.15, 0.2) is 40.4 Å². The molecule has 0 aromatic carbocycles. The predicted octanol–water partition coefficient (Wildman–Crippen LogP) is 2.99. The molecule has 0 radical (unpaired) electrons. The van der Waals surface area contributed by atoms with Gasteiger partial charge >= 0.3 is 0 Å². The molecule has 0 amide bonds. The Balaban J connectivity index is 2.32. The quantitative estimate of drug-likeness (QED) is 0.910. The minimum atomic E-state index is -0.569. The smallest absolute Gasteiger partial charge is 0.115 e. The maximum Gasteiger partial charge on any atom is 0.115 e. The predicted molar refractivity (Wildman–Crippen MR) is 60.3 cm³/mol. The van der Waals surface area contributed by atoms with E-state index in [0.29, 0.717) is 0 Å². The van der Waals surface area contributed by atoms with Crippen LogP contribution in [-0.4, -0.2) is 10.1 Å². The zero-order valence-corrected chi connectivity index (χ0v) is 9.62. The highest BCUT2D eigenvalue weighted by Gasteiger charge is 2.11. The maximum absolute atomic E-state index is 9.95. The Morgan fingerprint density at radius 3 is 2.93 bits per heavy atom. The van der Waals surface area contributed by atoms with Crippen LogP contribution in [0.25, 0.3) is 0 Å². The summed E-state index contributed by atoms with van der Waals surface area (Å²) in [4.78, 5) is 4.95. The van der Waals surface area contributed by atoms with Crippen LogP contribution in [0, 0.1) is 0 Å². The first kappa shape index (κ1) is 9.83. The minimum Gasteiger partial charge on any atom is -0.383 e. The Morgan fingerprint density at radius 2 is 2.29 bits per heavy atom. The number of pyridine rings is 1. The molecule has 2 nitrogen and oxygen atoms in total. The number of hydrogen-bond donors (Lipinski definition) is 1. The fraction of sp³-hybridized carbons (Fsp3) is 0.100. The van der Waals surface area contributed by atoms with Gasteiger partial charge in [-0.25, -0.2) is 0 Å². The van der Waals surface area contributed by atoms with Gasteiger partial charge in [0, 0.05) is 27.3 Å². The molecule has 0 saturated heterocycles. The van der Waals surface area contributed by atoms with E-state index in [1.54, 1.807) is 12.4 Å². The summed E-state index contributed by atoms with van der Waals surface area (Å²) >= 11 is 4.86. The van der Waals surface area contributed by atoms with E-state index < -0.39 is 6.10 Å². The first-order valence-corrected chi connectivity index (χ1v) is 5.76. The second kappa shape index (κ2) is 4.21. The summed E-state index contributed by atoms with van der Waals surface area (Å²) in [6.45, 7) is 0. The van der Waals surface area contributed by atoms with Crippen molar-refractivity contribution in [1.29, 1.82) is 0 Å². The third-order valence-corrected chi connectivity index (χ3v) is 3.21. The van der Waals surface area contributed by atoms with E-state index in [9.17, 15) is 5.11 Å². The molecule has 1 N–H and O–H groups in total. The van der Waals surface area contributed by atoms with Gasteiger partial charge < -0.3 is 5.11 Å². The lowest BCUT2D eigenvalue weighted by Gasteiger charge is -2.07. The van der Waals surface area contributed by atoms with Gasteiger partial charge in [0.1, 0.15) is 6.10 Å². The first-order chi connectivity index (χ1) is 6.77. The lowest BCUT2D eigenvalue weighted by atomic mass is 10.1. The number of aliphatic hydroxyl groups is 1. The van der Waals surface area contributed by atoms with Gasteiger partial charge in [0.2, 0.25) is 0 Å². The van der Waals surface area contributed by atoms with Crippen LogP contribution in [0.5, 0.6) is 0 Å². The zero-order chi connectivity index (χ0) is 9.97. The fourth-order valence-electron chi connectivity index (χ4n) is 1.19. The van der Waals surface area contributed by atoms with Gasteiger partial charge in [0.05, 0.1) is 0 Å². The molecule has 4 heteroatoms. The Labute approximate surface area is 94.4 Å². The van der Waals surface area contributed by atoms with Crippen LogP contribution in [0.4, 0.5) is 0 Å². The van der Waals surface area contributed by atoms with Crippen LogP contribution in [-0.2, 0) is 0 Å². The van der Waals surface area contributed by atoms with Crippen molar-refractivity contribution in [2.24, 2.45) is 0 Å². The van der Waals surface area contributed by atoms with Gasteiger partial charge in [0.25, 0.3) is 0 Å². The van der Waals surface area contributed by atoms with Crippen LogP contribution in [0.2, 0.25) is 0 Å². The van der Waals surface area contributed by atoms with Gasteiger partial charge in [-0.3, -0.25) is 4.98 Å². The fourth-order valence-corrected chi connectivity index (χ4v) is 2.31. The summed E-state index contributed by atoms with van der Waals surface area (Å²) in [5.41, 5.74) is 0.807. The van der Waals surface area contributed by atoms with Gasteiger partial charge in [-0.15, -0.1) is 11.3 Å². The topological polar surface area (TPSA) is 33.1 Å². The van der Waals surface area contributed by atoms with E-state index in [4.69, 9.17) is 0 Å². The van der Waals surface area contributed by atoms with E-state index in [-0.39, 0.29) is 0 Å². The average molecular weight is 270 g/mol. The molecule has 0 fully saturated rings. The first-order valence-electron chi connectivity index (χ1n) is 4.09. The number of thiophene rings is 1. The molecule has 0 aliphatic carbocycles. The number of hydrogen-bond acceptors (Lipinski definition) is 3. The molecule has 1 unspecified atom stereocenters. The van der Waals surface area contributed by atoms with Crippen molar-refractivity contribution in [2.45, 2.75) is 6.10 Å². The van der Waals surface area contributed by atoms with Crippen LogP contribution in [0.1, 0.15) is 16.5 Å². The minimum absolute atomic E-state index is 0.569. The summed E-state index contributed by atoms with van der Waals surface area (Å²) in [5, 5.41) is 11.9. The second-order valence-corrected chi connectivity index (χ2v) is 4.75. The molecular formula is C10H8BrNOS. The van der Waals surface area contributed by atoms with Crippen molar-refractivity contribution in [3.63, 3.8) is 0 Å². The van der Waals surface area contributed by atoms with Gasteiger partial charge in [-0.2, -0.15) is 0 Å². The zero-order valence-electron chi connectivity index (χ0n) is 7.22. The molecule has 0 saturated carbocycles. The molecular weight excluding hydrogens is 262 g/mol. The van der Waals surface area contributed by atoms with Crippen LogP contribution >= 0.6 is 27.3 Å². The molecule has 14 heavy (non-hydrogen) atoms. The average Bonchev–Trinajstić information content (AvgIpc) is 2.69. The van der Waals surface area contributed by atoms with Gasteiger partial charge in [0.15, 0.2) is 0 Å². The Kier molecular flexibility index (Phi) is 2.96. The molecule has 2 aromatic heterocycles. The van der Waals surface area contributed by atoms with Crippen molar-refractivity contribution in [3.05, 3.63) is 50.9 Å². The second-order valence-electron chi connectivity index (χ2n) is 2.85. The molecule has 72 valence electrons. The normalized spacial score (nSPS) is 12.7. The van der Waals surface area contributed by atoms with Crippen molar-refractivity contribution >= 4 is 27.3 Å². The number of nitrogens with zero attached hydrogens (tertiary/aromatic N) is 1. The molecule has 2 heterocycles. The SMILES string of the molecule is OC(c1cncc(Br)c1)c1cccs1. The van der Waals surface area contributed by atoms with Crippen LogP contribution < -0.4 is 0 Å². The molecule has 2 aromatic rings. The van der Waals surface area contributed by atoms with Gasteiger partial charge in [-0.1, -0.05) is 6.07 Å². The molecule has 0 aliphatic rings. The highest BCUT2D eigenvalue weighted by atomic mass is 79.9. The van der Waals surface area contributed by atoms with Crippen LogP contribution in [0.3, 0.4) is 0 Å². The highest BCUT2D eigenvalue weighted by Crippen LogP contribution is 2.26. The number of aromatic nitrogens is 1. The van der Waals surface area contributed by atoms with Crippen molar-refractivity contribution in [2.75, 3.05) is 0 Å². The highest BCUT2D eigenvalue weighted by molar-refractivity contribution is 9.10. The molecule has 0 aliphatic heterocycles. The third kappa shape index (κ3) is 2.03. The number of halogens is 1. The van der Waals surface area contributed by atoms with Crippen molar-refractivity contribution < 1.29 is 5.11 Å². The lowest BCUT2D eigenvalue weighted by molar-refractivity contribution is 0.223. The van der Waals surface area contributed by atoms with Crippen molar-refractivity contribution in [3.8, 4) is 0 Å². The largest absolute Gasteiger partial charge is 0.383 e. The Morgan fingerprint density at radius 1 is 1.43 bits per heavy atom. The molecule has 1 atom stereocenters. The van der Waals surface area contributed by atoms with E-state index in [2.05, 4.69) is 20.9 Å². The number of aliphatic hydroxyl groups excluding tert-OH is 1. The van der Waals surface area contributed by atoms with Crippen molar-refractivity contribution in [1.82, 2.24) is 4.98 Å². The Hall–Kier alpha value is -0.710. The monoisotopic (exact) mass is 269 g/mol. The van der Waals surface area contributed by atoms with E-state index in [1.165, 1.54) is 11.3 Å². The Bertz CT molecular complexity index is 416. The summed E-state index contributed by atoms with van der Waals surface area (Å²) < 4.78 is 0.880. The third-order valence-electron chi connectivity index (χ3n) is 1.85. The summed E-state index contributed by atoms with van der Waals surface area (Å²) in [6, 6.07) is 5.71. The summed E-state index contributed by atoms with van der Waals surface area (Å²) in [7, 11) is 0. The lowest BCUT2D eigenvalue weighted by Crippen LogP contribution is -1.97. The van der Waals surface area contributed by atoms with E-state index in [0.717, 1.165) is 14.9 Å². The summed E-state index contributed by atoms with van der Waals surface area (Å²) in [5.74, 6) is 0. The molecule has 0 spiro atoms. The standard InChI is InChI=1S/C10H8BrNOS/c11-8-4-7(5-12-6-8)10(13)9-2-1-3-14-9/h1-6,10,13H. The van der Waals surface area contributed by atoms with Gasteiger partial charge in [-0.05, 0) is 33.4 Å². The summed E-state index contributed by atoms with van der Waals surface area (Å²) in [6.07, 6.45) is 2.81. The van der Waals surface area contributed by atoms with E-state index >= 15 is 0 Å². The van der Waals surface area contributed by atoms with E-state index in [1.807, 2.05) is 23.6 Å². The molecule has 0 bridgehead atoms.